The van der Waals surface area contributed by atoms with Crippen molar-refractivity contribution in [3.8, 4) is 11.5 Å². The first-order valence-electron chi connectivity index (χ1n) is 6.90. The minimum absolute atomic E-state index is 0.498. The fourth-order valence-corrected chi connectivity index (χ4v) is 1.96. The molecule has 20 heavy (non-hydrogen) atoms. The van der Waals surface area contributed by atoms with Crippen molar-refractivity contribution in [2.45, 2.75) is 19.9 Å². The molecule has 0 aliphatic rings. The summed E-state index contributed by atoms with van der Waals surface area (Å²) in [6.07, 6.45) is 0.840. The third-order valence-corrected chi connectivity index (χ3v) is 2.99. The topological polar surface area (TPSA) is 44.5 Å². The minimum atomic E-state index is 0.498. The van der Waals surface area contributed by atoms with Crippen LogP contribution in [0.25, 0.3) is 0 Å². The van der Waals surface area contributed by atoms with Gasteiger partial charge in [-0.1, -0.05) is 35.9 Å². The molecule has 2 aromatic rings. The molecule has 3 heteroatoms. The van der Waals surface area contributed by atoms with Gasteiger partial charge in [0.2, 0.25) is 0 Å². The third-order valence-electron chi connectivity index (χ3n) is 2.99. The van der Waals surface area contributed by atoms with E-state index in [1.54, 1.807) is 0 Å². The highest BCUT2D eigenvalue weighted by atomic mass is 16.5. The zero-order chi connectivity index (χ0) is 14.2. The summed E-state index contributed by atoms with van der Waals surface area (Å²) < 4.78 is 11.4. The van der Waals surface area contributed by atoms with Gasteiger partial charge < -0.3 is 15.2 Å². The van der Waals surface area contributed by atoms with E-state index in [0.29, 0.717) is 19.8 Å². The molecule has 0 bridgehead atoms. The predicted octanol–water partition coefficient (Wildman–Crippen LogP) is 3.30. The zero-order valence-electron chi connectivity index (χ0n) is 11.8. The SMILES string of the molecule is Cc1ccc(OCCCOc2ccccc2)c(CN)c1. The van der Waals surface area contributed by atoms with E-state index in [9.17, 15) is 0 Å². The Morgan fingerprint density at radius 3 is 2.45 bits per heavy atom. The number of para-hydroxylation sites is 1. The molecule has 0 fully saturated rings. The number of benzene rings is 2. The van der Waals surface area contributed by atoms with Crippen molar-refractivity contribution in [1.82, 2.24) is 0 Å². The predicted molar refractivity (Wildman–Crippen MR) is 81.1 cm³/mol. The highest BCUT2D eigenvalue weighted by molar-refractivity contribution is 5.36. The van der Waals surface area contributed by atoms with Crippen LogP contribution in [-0.2, 0) is 6.54 Å². The van der Waals surface area contributed by atoms with E-state index in [1.165, 1.54) is 5.56 Å². The summed E-state index contributed by atoms with van der Waals surface area (Å²) in [5.41, 5.74) is 7.97. The standard InChI is InChI=1S/C17H21NO2/c1-14-8-9-17(15(12-14)13-18)20-11-5-10-19-16-6-3-2-4-7-16/h2-4,6-9,12H,5,10-11,13,18H2,1H3. The van der Waals surface area contributed by atoms with Crippen molar-refractivity contribution in [2.24, 2.45) is 5.73 Å². The molecule has 0 radical (unpaired) electrons. The Bertz CT molecular complexity index is 526. The fourth-order valence-electron chi connectivity index (χ4n) is 1.96. The molecule has 106 valence electrons. The first-order chi connectivity index (χ1) is 9.79. The van der Waals surface area contributed by atoms with E-state index < -0.39 is 0 Å². The van der Waals surface area contributed by atoms with Gasteiger partial charge in [0, 0.05) is 18.5 Å². The van der Waals surface area contributed by atoms with Crippen LogP contribution in [0.15, 0.2) is 48.5 Å². The number of hydrogen-bond acceptors (Lipinski definition) is 3. The molecule has 0 atom stereocenters. The van der Waals surface area contributed by atoms with Gasteiger partial charge in [-0.05, 0) is 25.1 Å². The Balaban J connectivity index is 1.73. The van der Waals surface area contributed by atoms with Crippen molar-refractivity contribution in [1.29, 1.82) is 0 Å². The second kappa shape index (κ2) is 7.56. The Hall–Kier alpha value is -2.00. The maximum Gasteiger partial charge on any atom is 0.123 e. The molecular formula is C17H21NO2. The lowest BCUT2D eigenvalue weighted by Gasteiger charge is -2.11. The van der Waals surface area contributed by atoms with Crippen LogP contribution in [-0.4, -0.2) is 13.2 Å². The van der Waals surface area contributed by atoms with E-state index in [4.69, 9.17) is 15.2 Å². The van der Waals surface area contributed by atoms with Gasteiger partial charge in [0.1, 0.15) is 11.5 Å². The Morgan fingerprint density at radius 1 is 0.950 bits per heavy atom. The molecule has 0 heterocycles. The second-order valence-electron chi connectivity index (χ2n) is 4.68. The van der Waals surface area contributed by atoms with Crippen molar-refractivity contribution in [3.05, 3.63) is 59.7 Å². The summed E-state index contributed by atoms with van der Waals surface area (Å²) in [6.45, 7) is 3.82. The largest absolute Gasteiger partial charge is 0.493 e. The molecule has 0 saturated carbocycles. The van der Waals surface area contributed by atoms with E-state index in [-0.39, 0.29) is 0 Å². The maximum atomic E-state index is 5.76. The summed E-state index contributed by atoms with van der Waals surface area (Å²) in [5.74, 6) is 1.77. The van der Waals surface area contributed by atoms with Crippen LogP contribution < -0.4 is 15.2 Å². The van der Waals surface area contributed by atoms with E-state index in [2.05, 4.69) is 13.0 Å². The molecule has 0 aromatic heterocycles. The Morgan fingerprint density at radius 2 is 1.70 bits per heavy atom. The molecular weight excluding hydrogens is 250 g/mol. The monoisotopic (exact) mass is 271 g/mol. The van der Waals surface area contributed by atoms with Crippen LogP contribution in [0.5, 0.6) is 11.5 Å². The lowest BCUT2D eigenvalue weighted by molar-refractivity contribution is 0.246. The lowest BCUT2D eigenvalue weighted by Crippen LogP contribution is -2.07. The molecule has 0 aliphatic carbocycles. The smallest absolute Gasteiger partial charge is 0.123 e. The summed E-state index contributed by atoms with van der Waals surface area (Å²) >= 11 is 0. The summed E-state index contributed by atoms with van der Waals surface area (Å²) in [6, 6.07) is 15.9. The van der Waals surface area contributed by atoms with Crippen molar-refractivity contribution in [2.75, 3.05) is 13.2 Å². The minimum Gasteiger partial charge on any atom is -0.493 e. The zero-order valence-corrected chi connectivity index (χ0v) is 11.8. The van der Waals surface area contributed by atoms with Crippen molar-refractivity contribution < 1.29 is 9.47 Å². The van der Waals surface area contributed by atoms with Crippen LogP contribution in [0.3, 0.4) is 0 Å². The fraction of sp³-hybridized carbons (Fsp3) is 0.294. The summed E-state index contributed by atoms with van der Waals surface area (Å²) in [4.78, 5) is 0. The van der Waals surface area contributed by atoms with Crippen LogP contribution in [0.2, 0.25) is 0 Å². The quantitative estimate of drug-likeness (QED) is 0.786. The molecule has 0 amide bonds. The first-order valence-corrected chi connectivity index (χ1v) is 6.90. The molecule has 0 unspecified atom stereocenters. The molecule has 2 rings (SSSR count). The molecule has 2 aromatic carbocycles. The average Bonchev–Trinajstić information content (AvgIpc) is 2.49. The number of rotatable bonds is 7. The first kappa shape index (κ1) is 14.4. The molecule has 0 aliphatic heterocycles. The van der Waals surface area contributed by atoms with Gasteiger partial charge in [-0.25, -0.2) is 0 Å². The summed E-state index contributed by atoms with van der Waals surface area (Å²) in [5, 5.41) is 0. The number of nitrogens with two attached hydrogens (primary N) is 1. The van der Waals surface area contributed by atoms with Crippen LogP contribution in [0, 0.1) is 6.92 Å². The second-order valence-corrected chi connectivity index (χ2v) is 4.68. The maximum absolute atomic E-state index is 5.76. The highest BCUT2D eigenvalue weighted by Gasteiger charge is 2.02. The molecule has 2 N–H and O–H groups in total. The van der Waals surface area contributed by atoms with Crippen LogP contribution in [0.1, 0.15) is 17.5 Å². The Labute approximate surface area is 120 Å². The van der Waals surface area contributed by atoms with Crippen LogP contribution in [0.4, 0.5) is 0 Å². The van der Waals surface area contributed by atoms with E-state index >= 15 is 0 Å². The normalized spacial score (nSPS) is 10.3. The average molecular weight is 271 g/mol. The number of hydrogen-bond donors (Lipinski definition) is 1. The van der Waals surface area contributed by atoms with Gasteiger partial charge in [-0.2, -0.15) is 0 Å². The van der Waals surface area contributed by atoms with E-state index in [1.807, 2.05) is 42.5 Å². The van der Waals surface area contributed by atoms with Crippen LogP contribution >= 0.6 is 0 Å². The van der Waals surface area contributed by atoms with Crippen molar-refractivity contribution in [3.63, 3.8) is 0 Å². The van der Waals surface area contributed by atoms with Gasteiger partial charge in [0.05, 0.1) is 13.2 Å². The summed E-state index contributed by atoms with van der Waals surface area (Å²) in [7, 11) is 0. The van der Waals surface area contributed by atoms with Gasteiger partial charge in [0.15, 0.2) is 0 Å². The van der Waals surface area contributed by atoms with Gasteiger partial charge >= 0.3 is 0 Å². The Kier molecular flexibility index (Phi) is 5.44. The highest BCUT2D eigenvalue weighted by Crippen LogP contribution is 2.19. The third kappa shape index (κ3) is 4.28. The molecule has 0 saturated heterocycles. The van der Waals surface area contributed by atoms with Gasteiger partial charge in [0.25, 0.3) is 0 Å². The van der Waals surface area contributed by atoms with E-state index in [0.717, 1.165) is 23.5 Å². The lowest BCUT2D eigenvalue weighted by atomic mass is 10.1. The number of ether oxygens (including phenoxy) is 2. The van der Waals surface area contributed by atoms with Gasteiger partial charge in [-0.15, -0.1) is 0 Å². The molecule has 3 nitrogen and oxygen atoms in total. The van der Waals surface area contributed by atoms with Gasteiger partial charge in [-0.3, -0.25) is 0 Å². The number of aryl methyl sites for hydroxylation is 1. The van der Waals surface area contributed by atoms with Crippen molar-refractivity contribution >= 4 is 0 Å². The molecule has 0 spiro atoms.